The van der Waals surface area contributed by atoms with Crippen molar-refractivity contribution in [3.8, 4) is 11.5 Å². The van der Waals surface area contributed by atoms with Gasteiger partial charge in [-0.05, 0) is 32.4 Å². The predicted molar refractivity (Wildman–Crippen MR) is 93.7 cm³/mol. The van der Waals surface area contributed by atoms with E-state index >= 15 is 0 Å². The summed E-state index contributed by atoms with van der Waals surface area (Å²) in [5, 5.41) is 9.78. The van der Waals surface area contributed by atoms with Gasteiger partial charge in [0, 0.05) is 31.7 Å². The Balaban J connectivity index is 1.89. The van der Waals surface area contributed by atoms with Gasteiger partial charge in [-0.15, -0.1) is 0 Å². The van der Waals surface area contributed by atoms with Gasteiger partial charge in [-0.3, -0.25) is 9.59 Å². The molecule has 0 spiro atoms. The lowest BCUT2D eigenvalue weighted by Gasteiger charge is -2.33. The maximum atomic E-state index is 13.1. The minimum atomic E-state index is -0.917. The number of carbonyl (C=O) groups is 2. The standard InChI is InChI=1S/C19H25NO6/c1-12(2)26-16-8-14(24-3)4-5-15(16)17(21)20-9-13-10-25-7-6-19(13,11-20)18(22)23/h4-5,8,12-13H,6-7,9-11H2,1-3H3,(H,22,23)/t13-,19+/m0/s1. The van der Waals surface area contributed by atoms with Crippen molar-refractivity contribution < 1.29 is 28.9 Å². The fourth-order valence-electron chi connectivity index (χ4n) is 3.78. The van der Waals surface area contributed by atoms with Crippen LogP contribution in [-0.4, -0.2) is 61.4 Å². The van der Waals surface area contributed by atoms with E-state index < -0.39 is 11.4 Å². The molecule has 0 bridgehead atoms. The van der Waals surface area contributed by atoms with Crippen LogP contribution in [0.5, 0.6) is 11.5 Å². The fourth-order valence-corrected chi connectivity index (χ4v) is 3.78. The van der Waals surface area contributed by atoms with Gasteiger partial charge in [0.25, 0.3) is 5.91 Å². The average molecular weight is 363 g/mol. The molecule has 1 N–H and O–H groups in total. The lowest BCUT2D eigenvalue weighted by atomic mass is 9.74. The van der Waals surface area contributed by atoms with E-state index in [2.05, 4.69) is 0 Å². The highest BCUT2D eigenvalue weighted by Gasteiger charge is 2.55. The number of carboxylic acid groups (broad SMARTS) is 1. The van der Waals surface area contributed by atoms with Gasteiger partial charge in [0.05, 0.1) is 30.8 Å². The van der Waals surface area contributed by atoms with Gasteiger partial charge in [0.1, 0.15) is 11.5 Å². The molecule has 1 aromatic carbocycles. The Morgan fingerprint density at radius 2 is 2.15 bits per heavy atom. The lowest BCUT2D eigenvalue weighted by molar-refractivity contribution is -0.157. The molecule has 7 nitrogen and oxygen atoms in total. The normalized spacial score (nSPS) is 25.1. The number of fused-ring (bicyclic) bond motifs is 1. The zero-order chi connectivity index (χ0) is 18.9. The summed E-state index contributed by atoms with van der Waals surface area (Å²) in [6.45, 7) is 5.12. The van der Waals surface area contributed by atoms with Gasteiger partial charge in [-0.2, -0.15) is 0 Å². The van der Waals surface area contributed by atoms with Crippen LogP contribution < -0.4 is 9.47 Å². The maximum Gasteiger partial charge on any atom is 0.311 e. The Hall–Kier alpha value is -2.28. The van der Waals surface area contributed by atoms with Crippen molar-refractivity contribution in [1.29, 1.82) is 0 Å². The van der Waals surface area contributed by atoms with E-state index in [9.17, 15) is 14.7 Å². The number of carbonyl (C=O) groups excluding carboxylic acids is 1. The van der Waals surface area contributed by atoms with E-state index in [1.807, 2.05) is 13.8 Å². The van der Waals surface area contributed by atoms with Crippen LogP contribution in [0.25, 0.3) is 0 Å². The van der Waals surface area contributed by atoms with E-state index in [1.165, 1.54) is 0 Å². The summed E-state index contributed by atoms with van der Waals surface area (Å²) in [6.07, 6.45) is 0.322. The zero-order valence-corrected chi connectivity index (χ0v) is 15.4. The molecular formula is C19H25NO6. The van der Waals surface area contributed by atoms with Gasteiger partial charge in [-0.25, -0.2) is 0 Å². The summed E-state index contributed by atoms with van der Waals surface area (Å²) >= 11 is 0. The van der Waals surface area contributed by atoms with Gasteiger partial charge < -0.3 is 24.2 Å². The number of nitrogens with zero attached hydrogens (tertiary/aromatic N) is 1. The van der Waals surface area contributed by atoms with Crippen LogP contribution in [0, 0.1) is 11.3 Å². The number of likely N-dealkylation sites (tertiary alicyclic amines) is 1. The van der Waals surface area contributed by atoms with Gasteiger partial charge in [0.2, 0.25) is 0 Å². The number of aliphatic carboxylic acids is 1. The number of hydrogen-bond acceptors (Lipinski definition) is 5. The van der Waals surface area contributed by atoms with Crippen LogP contribution in [0.15, 0.2) is 18.2 Å². The highest BCUT2D eigenvalue weighted by atomic mass is 16.5. The predicted octanol–water partition coefficient (Wildman–Crippen LogP) is 2.05. The lowest BCUT2D eigenvalue weighted by Crippen LogP contribution is -2.45. The van der Waals surface area contributed by atoms with E-state index in [1.54, 1.807) is 30.2 Å². The molecule has 2 aliphatic rings. The highest BCUT2D eigenvalue weighted by Crippen LogP contribution is 2.43. The smallest absolute Gasteiger partial charge is 0.311 e. The number of carboxylic acids is 1. The van der Waals surface area contributed by atoms with Crippen LogP contribution in [0.1, 0.15) is 30.6 Å². The Bertz CT molecular complexity index is 703. The van der Waals surface area contributed by atoms with Crippen LogP contribution in [0.3, 0.4) is 0 Å². The van der Waals surface area contributed by atoms with E-state index in [-0.39, 0.29) is 24.5 Å². The minimum absolute atomic E-state index is 0.103. The number of ether oxygens (including phenoxy) is 3. The van der Waals surface area contributed by atoms with Gasteiger partial charge in [0.15, 0.2) is 0 Å². The molecule has 0 aromatic heterocycles. The summed E-state index contributed by atoms with van der Waals surface area (Å²) in [5.41, 5.74) is -0.501. The second-order valence-corrected chi connectivity index (χ2v) is 7.20. The molecule has 26 heavy (non-hydrogen) atoms. The first-order valence-corrected chi connectivity index (χ1v) is 8.82. The Labute approximate surface area is 152 Å². The summed E-state index contributed by atoms with van der Waals surface area (Å²) < 4.78 is 16.5. The SMILES string of the molecule is COc1ccc(C(=O)N2C[C@H]3COCC[C@@]3(C(=O)O)C2)c(OC(C)C)c1. The van der Waals surface area contributed by atoms with Crippen molar-refractivity contribution in [3.63, 3.8) is 0 Å². The molecule has 142 valence electrons. The molecule has 1 aromatic rings. The molecular weight excluding hydrogens is 338 g/mol. The quantitative estimate of drug-likeness (QED) is 0.862. The Kier molecular flexibility index (Phi) is 5.09. The third-order valence-electron chi connectivity index (χ3n) is 5.20. The Morgan fingerprint density at radius 1 is 1.38 bits per heavy atom. The third-order valence-corrected chi connectivity index (χ3v) is 5.20. The van der Waals surface area contributed by atoms with E-state index in [0.717, 1.165) is 0 Å². The molecule has 2 atom stereocenters. The topological polar surface area (TPSA) is 85.3 Å². The fraction of sp³-hybridized carbons (Fsp3) is 0.579. The molecule has 2 saturated heterocycles. The van der Waals surface area contributed by atoms with Crippen molar-refractivity contribution in [2.24, 2.45) is 11.3 Å². The van der Waals surface area contributed by atoms with Crippen LogP contribution in [-0.2, 0) is 9.53 Å². The van der Waals surface area contributed by atoms with Crippen molar-refractivity contribution in [1.82, 2.24) is 4.90 Å². The summed E-state index contributed by atoms with van der Waals surface area (Å²) in [5.74, 6) is -0.222. The molecule has 7 heteroatoms. The Morgan fingerprint density at radius 3 is 2.77 bits per heavy atom. The first kappa shape index (κ1) is 18.5. The molecule has 2 aliphatic heterocycles. The molecule has 2 fully saturated rings. The number of rotatable bonds is 5. The zero-order valence-electron chi connectivity index (χ0n) is 15.4. The third kappa shape index (κ3) is 3.23. The second-order valence-electron chi connectivity index (χ2n) is 7.20. The molecule has 0 aliphatic carbocycles. The highest BCUT2D eigenvalue weighted by molar-refractivity contribution is 5.98. The number of benzene rings is 1. The average Bonchev–Trinajstić information content (AvgIpc) is 3.01. The summed E-state index contributed by atoms with van der Waals surface area (Å²) in [7, 11) is 1.55. The summed E-state index contributed by atoms with van der Waals surface area (Å²) in [6, 6.07) is 5.07. The monoisotopic (exact) mass is 363 g/mol. The van der Waals surface area contributed by atoms with E-state index in [0.29, 0.717) is 43.2 Å². The van der Waals surface area contributed by atoms with Crippen molar-refractivity contribution in [2.75, 3.05) is 33.4 Å². The number of hydrogen-bond donors (Lipinski definition) is 1. The van der Waals surface area contributed by atoms with Crippen LogP contribution in [0.2, 0.25) is 0 Å². The number of amides is 1. The van der Waals surface area contributed by atoms with Crippen molar-refractivity contribution >= 4 is 11.9 Å². The molecule has 0 saturated carbocycles. The van der Waals surface area contributed by atoms with Gasteiger partial charge in [-0.1, -0.05) is 0 Å². The number of methoxy groups -OCH3 is 1. The van der Waals surface area contributed by atoms with Crippen molar-refractivity contribution in [3.05, 3.63) is 23.8 Å². The summed E-state index contributed by atoms with van der Waals surface area (Å²) in [4.78, 5) is 26.7. The first-order valence-electron chi connectivity index (χ1n) is 8.82. The van der Waals surface area contributed by atoms with Crippen LogP contribution >= 0.6 is 0 Å². The molecule has 3 rings (SSSR count). The minimum Gasteiger partial charge on any atom is -0.497 e. The largest absolute Gasteiger partial charge is 0.497 e. The molecule has 1 amide bonds. The van der Waals surface area contributed by atoms with Gasteiger partial charge >= 0.3 is 5.97 Å². The van der Waals surface area contributed by atoms with Crippen LogP contribution in [0.4, 0.5) is 0 Å². The first-order chi connectivity index (χ1) is 12.4. The molecule has 2 heterocycles. The maximum absolute atomic E-state index is 13.1. The van der Waals surface area contributed by atoms with E-state index in [4.69, 9.17) is 14.2 Å². The van der Waals surface area contributed by atoms with Crippen molar-refractivity contribution in [2.45, 2.75) is 26.4 Å². The second kappa shape index (κ2) is 7.15. The molecule has 0 unspecified atom stereocenters. The molecule has 0 radical (unpaired) electrons.